The van der Waals surface area contributed by atoms with Gasteiger partial charge >= 0.3 is 11.9 Å². The number of likely N-dealkylation sites (N-methyl/N-ethyl adjacent to an activating group) is 1. The Hall–Kier alpha value is -3.07. The fourth-order valence-electron chi connectivity index (χ4n) is 8.76. The van der Waals surface area contributed by atoms with Crippen molar-refractivity contribution in [2.24, 2.45) is 0 Å². The summed E-state index contributed by atoms with van der Waals surface area (Å²) in [5.74, 6) is -0.831. The number of carbonyl (C=O) groups is 2. The van der Waals surface area contributed by atoms with Gasteiger partial charge in [0.1, 0.15) is 19.8 Å². The van der Waals surface area contributed by atoms with E-state index in [2.05, 4.69) is 111 Å². The lowest BCUT2D eigenvalue weighted by Crippen LogP contribution is -2.37. The maximum atomic E-state index is 12.8. The summed E-state index contributed by atoms with van der Waals surface area (Å²) in [6.45, 7) is 4.04. The number of hydrogen-bond donors (Lipinski definition) is 0. The van der Waals surface area contributed by atoms with Gasteiger partial charge < -0.3 is 27.9 Å². The first kappa shape index (κ1) is 74.9. The summed E-state index contributed by atoms with van der Waals surface area (Å²) in [6.07, 6.45) is 80.3. The molecule has 9 nitrogen and oxygen atoms in total. The molecular formula is C68H120NO8P. The Kier molecular flexibility index (Phi) is 56.3. The van der Waals surface area contributed by atoms with Gasteiger partial charge in [-0.2, -0.15) is 0 Å². The zero-order valence-corrected chi connectivity index (χ0v) is 52.0. The van der Waals surface area contributed by atoms with E-state index in [1.165, 1.54) is 148 Å². The highest BCUT2D eigenvalue weighted by molar-refractivity contribution is 7.45. The predicted molar refractivity (Wildman–Crippen MR) is 332 cm³/mol. The predicted octanol–water partition coefficient (Wildman–Crippen LogP) is 19.7. The molecule has 0 aliphatic carbocycles. The number of nitrogens with zero attached hydrogens (tertiary/aromatic N) is 1. The number of esters is 2. The first-order chi connectivity index (χ1) is 38.0. The molecule has 0 aromatic rings. The summed E-state index contributed by atoms with van der Waals surface area (Å²) in [7, 11) is 1.16. The second-order valence-corrected chi connectivity index (χ2v) is 23.8. The number of rotatable bonds is 58. The molecule has 0 amide bonds. The largest absolute Gasteiger partial charge is 0.756 e. The van der Waals surface area contributed by atoms with E-state index in [1.54, 1.807) is 0 Å². The minimum atomic E-state index is -4.64. The number of allylic oxidation sites excluding steroid dienone is 16. The average molecular weight is 1110 g/mol. The van der Waals surface area contributed by atoms with Crippen molar-refractivity contribution in [2.45, 2.75) is 277 Å². The Balaban J connectivity index is 4.09. The van der Waals surface area contributed by atoms with Crippen LogP contribution >= 0.6 is 7.82 Å². The second-order valence-electron chi connectivity index (χ2n) is 22.4. The lowest BCUT2D eigenvalue weighted by Gasteiger charge is -2.28. The summed E-state index contributed by atoms with van der Waals surface area (Å²) in [6, 6.07) is 0. The highest BCUT2D eigenvalue weighted by atomic mass is 31.2. The zero-order valence-electron chi connectivity index (χ0n) is 51.1. The molecule has 0 bridgehead atoms. The quantitative estimate of drug-likeness (QED) is 0.0195. The van der Waals surface area contributed by atoms with Crippen LogP contribution in [-0.2, 0) is 32.7 Å². The Morgan fingerprint density at radius 2 is 0.692 bits per heavy atom. The van der Waals surface area contributed by atoms with Crippen LogP contribution in [0.4, 0.5) is 0 Å². The van der Waals surface area contributed by atoms with Crippen LogP contribution in [0, 0.1) is 0 Å². The molecule has 78 heavy (non-hydrogen) atoms. The van der Waals surface area contributed by atoms with Gasteiger partial charge in [0.15, 0.2) is 6.10 Å². The van der Waals surface area contributed by atoms with Crippen molar-refractivity contribution in [3.8, 4) is 0 Å². The molecule has 2 atom stereocenters. The average Bonchev–Trinajstić information content (AvgIpc) is 3.41. The van der Waals surface area contributed by atoms with Crippen LogP contribution in [-0.4, -0.2) is 70.0 Å². The third-order valence-electron chi connectivity index (χ3n) is 13.6. The van der Waals surface area contributed by atoms with Gasteiger partial charge in [0.05, 0.1) is 27.7 Å². The molecule has 450 valence electrons. The molecule has 0 aliphatic rings. The molecule has 0 saturated heterocycles. The number of quaternary nitrogens is 1. The van der Waals surface area contributed by atoms with E-state index in [0.29, 0.717) is 17.4 Å². The standard InChI is InChI=1S/C68H120NO8P/c1-6-8-10-12-14-16-18-20-22-24-26-28-30-32-33-34-35-37-39-41-43-45-47-49-51-53-55-57-59-61-68(71)77-66(65-76-78(72,73)75-63-62-69(3,4)5)64-74-67(70)60-58-56-54-52-50-48-46-44-42-40-38-36-31-29-27-25-23-21-19-17-15-13-11-9-7-2/h8-11,14-17,20-23,26-29,66H,6-7,12-13,18-19,24-25,30-65H2,1-5H3/b10-8-,11-9-,16-14-,17-15-,22-20-,23-21-,28-26-,29-27-. The van der Waals surface area contributed by atoms with Crippen LogP contribution in [0.3, 0.4) is 0 Å². The van der Waals surface area contributed by atoms with Gasteiger partial charge in [-0.1, -0.05) is 265 Å². The zero-order chi connectivity index (χ0) is 57.0. The molecule has 0 heterocycles. The van der Waals surface area contributed by atoms with E-state index < -0.39 is 26.5 Å². The van der Waals surface area contributed by atoms with Crippen molar-refractivity contribution >= 4 is 19.8 Å². The minimum absolute atomic E-state index is 0.0338. The number of unbranched alkanes of at least 4 members (excludes halogenated alkanes) is 28. The van der Waals surface area contributed by atoms with Crippen LogP contribution < -0.4 is 4.89 Å². The van der Waals surface area contributed by atoms with Crippen molar-refractivity contribution < 1.29 is 42.1 Å². The summed E-state index contributed by atoms with van der Waals surface area (Å²) in [5, 5.41) is 0. The van der Waals surface area contributed by atoms with Gasteiger partial charge in [0.25, 0.3) is 7.82 Å². The molecule has 0 saturated carbocycles. The Morgan fingerprint density at radius 3 is 1.03 bits per heavy atom. The van der Waals surface area contributed by atoms with Crippen LogP contribution in [0.15, 0.2) is 97.2 Å². The summed E-state index contributed by atoms with van der Waals surface area (Å²) in [5.41, 5.74) is 0. The van der Waals surface area contributed by atoms with Crippen molar-refractivity contribution in [2.75, 3.05) is 47.5 Å². The van der Waals surface area contributed by atoms with Crippen LogP contribution in [0.1, 0.15) is 271 Å². The maximum absolute atomic E-state index is 12.8. The first-order valence-corrected chi connectivity index (χ1v) is 33.4. The molecule has 0 fully saturated rings. The fraction of sp³-hybridized carbons (Fsp3) is 0.735. The third-order valence-corrected chi connectivity index (χ3v) is 14.6. The van der Waals surface area contributed by atoms with Gasteiger partial charge in [-0.3, -0.25) is 14.2 Å². The monoisotopic (exact) mass is 1110 g/mol. The van der Waals surface area contributed by atoms with Gasteiger partial charge in [-0.15, -0.1) is 0 Å². The van der Waals surface area contributed by atoms with E-state index in [4.69, 9.17) is 18.5 Å². The van der Waals surface area contributed by atoms with Crippen LogP contribution in [0.5, 0.6) is 0 Å². The van der Waals surface area contributed by atoms with Gasteiger partial charge in [0, 0.05) is 12.8 Å². The molecule has 0 aliphatic heterocycles. The highest BCUT2D eigenvalue weighted by Crippen LogP contribution is 2.38. The van der Waals surface area contributed by atoms with Crippen molar-refractivity contribution in [3.63, 3.8) is 0 Å². The number of carbonyl (C=O) groups excluding carboxylic acids is 2. The van der Waals surface area contributed by atoms with Gasteiger partial charge in [-0.25, -0.2) is 0 Å². The maximum Gasteiger partial charge on any atom is 0.306 e. The number of ether oxygens (including phenoxy) is 2. The smallest absolute Gasteiger partial charge is 0.306 e. The molecule has 0 rings (SSSR count). The Bertz CT molecular complexity index is 1640. The summed E-state index contributed by atoms with van der Waals surface area (Å²) in [4.78, 5) is 38.0. The molecular weight excluding hydrogens is 990 g/mol. The normalized spacial score (nSPS) is 13.9. The molecule has 0 radical (unpaired) electrons. The number of hydrogen-bond acceptors (Lipinski definition) is 8. The van der Waals surface area contributed by atoms with Crippen molar-refractivity contribution in [1.82, 2.24) is 0 Å². The van der Waals surface area contributed by atoms with E-state index >= 15 is 0 Å². The van der Waals surface area contributed by atoms with E-state index in [9.17, 15) is 19.0 Å². The van der Waals surface area contributed by atoms with Crippen LogP contribution in [0.25, 0.3) is 0 Å². The Labute approximate surface area is 481 Å². The molecule has 0 aromatic heterocycles. The molecule has 0 N–H and O–H groups in total. The van der Waals surface area contributed by atoms with Crippen molar-refractivity contribution in [1.29, 1.82) is 0 Å². The SMILES string of the molecule is CC/C=C\C/C=C\C/C=C\C/C=C\CCCCCCCCCCCCCCCCCCC(=O)OC(COC(=O)CCCCCCCCCCCCCC/C=C\C/C=C\C/C=C\C/C=C\CC)COP(=O)([O-])OCC[N+](C)(C)C. The van der Waals surface area contributed by atoms with Gasteiger partial charge in [-0.05, 0) is 89.9 Å². The molecule has 0 spiro atoms. The van der Waals surface area contributed by atoms with Crippen LogP contribution in [0.2, 0.25) is 0 Å². The first-order valence-electron chi connectivity index (χ1n) is 31.9. The molecule has 0 aromatic carbocycles. The molecule has 10 heteroatoms. The number of phosphoric ester groups is 1. The molecule has 2 unspecified atom stereocenters. The Morgan fingerprint density at radius 1 is 0.397 bits per heavy atom. The van der Waals surface area contributed by atoms with Crippen molar-refractivity contribution in [3.05, 3.63) is 97.2 Å². The topological polar surface area (TPSA) is 111 Å². The summed E-state index contributed by atoms with van der Waals surface area (Å²) >= 11 is 0. The minimum Gasteiger partial charge on any atom is -0.756 e. The van der Waals surface area contributed by atoms with E-state index in [1.807, 2.05) is 21.1 Å². The highest BCUT2D eigenvalue weighted by Gasteiger charge is 2.22. The third kappa shape index (κ3) is 62.1. The summed E-state index contributed by atoms with van der Waals surface area (Å²) < 4.78 is 34.3. The lowest BCUT2D eigenvalue weighted by atomic mass is 10.0. The van der Waals surface area contributed by atoms with E-state index in [0.717, 1.165) is 89.9 Å². The number of phosphoric acid groups is 1. The second kappa shape index (κ2) is 58.6. The fourth-order valence-corrected chi connectivity index (χ4v) is 9.49. The van der Waals surface area contributed by atoms with E-state index in [-0.39, 0.29) is 32.0 Å². The lowest BCUT2D eigenvalue weighted by molar-refractivity contribution is -0.870. The van der Waals surface area contributed by atoms with Gasteiger partial charge in [0.2, 0.25) is 0 Å².